The Hall–Kier alpha value is -2.34. The van der Waals surface area contributed by atoms with Crippen LogP contribution in [-0.2, 0) is 0 Å². The molecule has 0 aliphatic heterocycles. The minimum absolute atomic E-state index is 0. The molecule has 178 valence electrons. The van der Waals surface area contributed by atoms with Crippen LogP contribution >= 0.6 is 15.8 Å². The zero-order chi connectivity index (χ0) is 23.3. The van der Waals surface area contributed by atoms with Crippen LogP contribution in [0.15, 0.2) is 121 Å². The highest BCUT2D eigenvalue weighted by atomic mass is 31.1. The Balaban J connectivity index is 0.000000234. The zero-order valence-corrected chi connectivity index (χ0v) is 20.8. The molecule has 1 N–H and O–H groups in total. The van der Waals surface area contributed by atoms with Crippen molar-refractivity contribution in [1.29, 1.82) is 0 Å². The van der Waals surface area contributed by atoms with E-state index in [1.54, 1.807) is 0 Å². The third-order valence-electron chi connectivity index (χ3n) is 5.03. The molecule has 4 rings (SSSR count). The average molecular weight is 490 g/mol. The van der Waals surface area contributed by atoms with E-state index in [1.807, 2.05) is 55.5 Å². The third kappa shape index (κ3) is 8.79. The van der Waals surface area contributed by atoms with Crippen molar-refractivity contribution in [2.75, 3.05) is 18.9 Å². The van der Waals surface area contributed by atoms with Gasteiger partial charge in [-0.25, -0.2) is 0 Å². The van der Waals surface area contributed by atoms with Crippen LogP contribution in [0, 0.1) is 0 Å². The van der Waals surface area contributed by atoms with Crippen molar-refractivity contribution in [3.05, 3.63) is 121 Å². The molecule has 1 unspecified atom stereocenters. The largest absolute Gasteiger partial charge is 0.854 e. The van der Waals surface area contributed by atoms with Crippen LogP contribution in [0.25, 0.3) is 0 Å². The van der Waals surface area contributed by atoms with Crippen molar-refractivity contribution in [2.24, 2.45) is 0 Å². The lowest BCUT2D eigenvalue weighted by molar-refractivity contribution is -0.360. The summed E-state index contributed by atoms with van der Waals surface area (Å²) in [6.45, 7) is 1.86. The standard InChI is InChI=1S/C15H17OP.C14H14OP.CH4/c1-13(16)12-17(14-8-4-2-5-9-14)15-10-6-3-7-11-15;15-11-12-16(13-7-3-1-4-8-13)14-9-5-2-6-10-14;/h2-11,13,16H,12H2,1H3;1-10H,11-12H2;1H4/q;-1;. The van der Waals surface area contributed by atoms with Crippen LogP contribution in [0.2, 0.25) is 0 Å². The molecule has 0 radical (unpaired) electrons. The zero-order valence-electron chi connectivity index (χ0n) is 19.0. The van der Waals surface area contributed by atoms with Crippen molar-refractivity contribution in [3.8, 4) is 0 Å². The van der Waals surface area contributed by atoms with Gasteiger partial charge < -0.3 is 10.2 Å². The monoisotopic (exact) mass is 489 g/mol. The van der Waals surface area contributed by atoms with Gasteiger partial charge in [-0.15, -0.1) is 6.61 Å². The fraction of sp³-hybridized carbons (Fsp3) is 0.200. The lowest BCUT2D eigenvalue weighted by atomic mass is 10.4. The van der Waals surface area contributed by atoms with Gasteiger partial charge in [0.25, 0.3) is 0 Å². The molecule has 0 bridgehead atoms. The number of aliphatic hydroxyl groups excluding tert-OH is 1. The first-order valence-electron chi connectivity index (χ1n) is 11.2. The topological polar surface area (TPSA) is 43.3 Å². The average Bonchev–Trinajstić information content (AvgIpc) is 2.88. The Kier molecular flexibility index (Phi) is 12.8. The normalized spacial score (nSPS) is 11.3. The highest BCUT2D eigenvalue weighted by Gasteiger charge is 2.15. The summed E-state index contributed by atoms with van der Waals surface area (Å²) in [6.07, 6.45) is 1.29. The molecule has 4 heteroatoms. The van der Waals surface area contributed by atoms with Crippen LogP contribution in [0.3, 0.4) is 0 Å². The molecule has 2 nitrogen and oxygen atoms in total. The van der Waals surface area contributed by atoms with Crippen molar-refractivity contribution in [1.82, 2.24) is 0 Å². The van der Waals surface area contributed by atoms with Gasteiger partial charge >= 0.3 is 0 Å². The molecule has 0 fully saturated rings. The maximum absolute atomic E-state index is 10.9. The summed E-state index contributed by atoms with van der Waals surface area (Å²) in [5.41, 5.74) is 0. The molecule has 34 heavy (non-hydrogen) atoms. The second-order valence-corrected chi connectivity index (χ2v) is 12.2. The Labute approximate surface area is 207 Å². The molecule has 0 saturated heterocycles. The number of benzene rings is 4. The van der Waals surface area contributed by atoms with E-state index in [-0.39, 0.29) is 20.1 Å². The van der Waals surface area contributed by atoms with E-state index in [2.05, 4.69) is 72.8 Å². The lowest BCUT2D eigenvalue weighted by Crippen LogP contribution is -2.19. The molecular formula is C30H35O2P2-. The summed E-state index contributed by atoms with van der Waals surface area (Å²) in [5.74, 6) is 0. The Morgan fingerprint density at radius 3 is 1.15 bits per heavy atom. The summed E-state index contributed by atoms with van der Waals surface area (Å²) in [7, 11) is -0.904. The number of hydrogen-bond donors (Lipinski definition) is 1. The summed E-state index contributed by atoms with van der Waals surface area (Å²) in [6, 6.07) is 41.6. The molecule has 0 aromatic heterocycles. The van der Waals surface area contributed by atoms with Crippen LogP contribution in [-0.4, -0.2) is 30.1 Å². The second kappa shape index (κ2) is 15.5. The van der Waals surface area contributed by atoms with Crippen molar-refractivity contribution in [3.63, 3.8) is 0 Å². The van der Waals surface area contributed by atoms with Gasteiger partial charge in [0.1, 0.15) is 0 Å². The second-order valence-electron chi connectivity index (χ2n) is 7.66. The lowest BCUT2D eigenvalue weighted by Gasteiger charge is -2.20. The summed E-state index contributed by atoms with van der Waals surface area (Å²) in [4.78, 5) is 0. The molecule has 0 saturated carbocycles. The van der Waals surface area contributed by atoms with Crippen molar-refractivity contribution < 1.29 is 10.2 Å². The Morgan fingerprint density at radius 2 is 0.882 bits per heavy atom. The fourth-order valence-corrected chi connectivity index (χ4v) is 7.93. The van der Waals surface area contributed by atoms with E-state index in [1.165, 1.54) is 21.2 Å². The Morgan fingerprint density at radius 1 is 0.588 bits per heavy atom. The number of rotatable bonds is 8. The highest BCUT2D eigenvalue weighted by molar-refractivity contribution is 7.73. The molecule has 0 aliphatic carbocycles. The quantitative estimate of drug-likeness (QED) is 0.367. The van der Waals surface area contributed by atoms with Crippen molar-refractivity contribution >= 4 is 37.1 Å². The maximum Gasteiger partial charge on any atom is 0.0557 e. The highest BCUT2D eigenvalue weighted by Crippen LogP contribution is 2.34. The van der Waals surface area contributed by atoms with E-state index < -0.39 is 15.8 Å². The molecular weight excluding hydrogens is 454 g/mol. The first-order valence-corrected chi connectivity index (χ1v) is 14.3. The van der Waals surface area contributed by atoms with Gasteiger partial charge in [-0.2, -0.15) is 0 Å². The van der Waals surface area contributed by atoms with E-state index >= 15 is 0 Å². The summed E-state index contributed by atoms with van der Waals surface area (Å²) in [5, 5.41) is 25.8. The minimum Gasteiger partial charge on any atom is -0.854 e. The molecule has 0 heterocycles. The van der Waals surface area contributed by atoms with Gasteiger partial charge in [0.05, 0.1) is 6.10 Å². The predicted molar refractivity (Wildman–Crippen MR) is 151 cm³/mol. The molecule has 0 spiro atoms. The van der Waals surface area contributed by atoms with Crippen molar-refractivity contribution in [2.45, 2.75) is 20.5 Å². The molecule has 4 aromatic rings. The SMILES string of the molecule is C.CC(O)CP(c1ccccc1)c1ccccc1.[O-]CCP(c1ccccc1)c1ccccc1. The molecule has 4 aromatic carbocycles. The Bertz CT molecular complexity index is 947. The van der Waals surface area contributed by atoms with E-state index in [9.17, 15) is 10.2 Å². The summed E-state index contributed by atoms with van der Waals surface area (Å²) >= 11 is 0. The first kappa shape index (κ1) is 27.9. The predicted octanol–water partition coefficient (Wildman–Crippen LogP) is 4.62. The van der Waals surface area contributed by atoms with Gasteiger partial charge in [0.15, 0.2) is 0 Å². The fourth-order valence-electron chi connectivity index (χ4n) is 3.55. The van der Waals surface area contributed by atoms with Crippen LogP contribution in [0.1, 0.15) is 14.4 Å². The van der Waals surface area contributed by atoms with E-state index in [0.29, 0.717) is 0 Å². The smallest absolute Gasteiger partial charge is 0.0557 e. The maximum atomic E-state index is 10.9. The van der Waals surface area contributed by atoms with Crippen LogP contribution in [0.5, 0.6) is 0 Å². The minimum atomic E-state index is -0.463. The number of aliphatic hydroxyl groups is 1. The number of hydrogen-bond acceptors (Lipinski definition) is 2. The van der Waals surface area contributed by atoms with E-state index in [0.717, 1.165) is 12.3 Å². The summed E-state index contributed by atoms with van der Waals surface area (Å²) < 4.78 is 0. The van der Waals surface area contributed by atoms with Crippen LogP contribution < -0.4 is 26.3 Å². The van der Waals surface area contributed by atoms with E-state index in [4.69, 9.17) is 0 Å². The van der Waals surface area contributed by atoms with Crippen LogP contribution in [0.4, 0.5) is 0 Å². The van der Waals surface area contributed by atoms with Gasteiger partial charge in [0, 0.05) is 6.16 Å². The third-order valence-corrected chi connectivity index (χ3v) is 10.2. The molecule has 0 amide bonds. The van der Waals surface area contributed by atoms with Gasteiger partial charge in [-0.3, -0.25) is 0 Å². The molecule has 0 aliphatic rings. The van der Waals surface area contributed by atoms with Gasteiger partial charge in [-0.05, 0) is 50.1 Å². The van der Waals surface area contributed by atoms with Gasteiger partial charge in [0.2, 0.25) is 0 Å². The first-order chi connectivity index (χ1) is 16.2. The van der Waals surface area contributed by atoms with Gasteiger partial charge in [-0.1, -0.05) is 129 Å². The molecule has 1 atom stereocenters.